The van der Waals surface area contributed by atoms with E-state index in [1.165, 1.54) is 25.7 Å². The van der Waals surface area contributed by atoms with Gasteiger partial charge in [-0.3, -0.25) is 0 Å². The molecule has 3 nitrogen and oxygen atoms in total. The van der Waals surface area contributed by atoms with Crippen LogP contribution in [0.5, 0.6) is 0 Å². The van der Waals surface area contributed by atoms with Gasteiger partial charge in [-0.1, -0.05) is 6.42 Å². The molecule has 0 aromatic rings. The average molecular weight is 211 g/mol. The van der Waals surface area contributed by atoms with Crippen LogP contribution in [0.3, 0.4) is 0 Å². The molecule has 1 unspecified atom stereocenters. The van der Waals surface area contributed by atoms with E-state index in [-0.39, 0.29) is 11.7 Å². The Morgan fingerprint density at radius 3 is 2.53 bits per heavy atom. The fraction of sp³-hybridized carbons (Fsp3) is 0.917. The predicted molar refractivity (Wildman–Crippen MR) is 58.7 cm³/mol. The Kier molecular flexibility index (Phi) is 2.44. The van der Waals surface area contributed by atoms with Crippen LogP contribution >= 0.6 is 0 Å². The van der Waals surface area contributed by atoms with Crippen molar-refractivity contribution in [1.82, 2.24) is 5.32 Å². The first-order valence-corrected chi connectivity index (χ1v) is 5.91. The number of rotatable bonds is 1. The number of nitrogens with one attached hydrogen (secondary N) is 1. The van der Waals surface area contributed by atoms with Crippen LogP contribution in [0.15, 0.2) is 0 Å². The lowest BCUT2D eigenvalue weighted by Crippen LogP contribution is -2.41. The van der Waals surface area contributed by atoms with Crippen molar-refractivity contribution in [2.75, 3.05) is 0 Å². The molecule has 15 heavy (non-hydrogen) atoms. The third kappa shape index (κ3) is 2.44. The van der Waals surface area contributed by atoms with Gasteiger partial charge >= 0.3 is 6.09 Å². The third-order valence-electron chi connectivity index (χ3n) is 3.49. The lowest BCUT2D eigenvalue weighted by atomic mass is 10.0. The fourth-order valence-corrected chi connectivity index (χ4v) is 2.57. The summed E-state index contributed by atoms with van der Waals surface area (Å²) in [6.45, 7) is 5.69. The number of carbonyl (C=O) groups excluding carboxylic acids is 1. The van der Waals surface area contributed by atoms with Crippen LogP contribution in [0.2, 0.25) is 0 Å². The van der Waals surface area contributed by atoms with Gasteiger partial charge in [-0.15, -0.1) is 0 Å². The molecule has 0 bridgehead atoms. The van der Waals surface area contributed by atoms with E-state index in [1.54, 1.807) is 0 Å². The van der Waals surface area contributed by atoms with Crippen molar-refractivity contribution < 1.29 is 9.53 Å². The van der Waals surface area contributed by atoms with Gasteiger partial charge in [-0.25, -0.2) is 4.79 Å². The van der Waals surface area contributed by atoms with Crippen LogP contribution in [0.25, 0.3) is 0 Å². The first kappa shape index (κ1) is 10.8. The molecule has 0 saturated heterocycles. The zero-order valence-corrected chi connectivity index (χ0v) is 9.93. The molecule has 1 amide bonds. The molecule has 0 aromatic carbocycles. The van der Waals surface area contributed by atoms with E-state index in [1.807, 2.05) is 20.8 Å². The van der Waals surface area contributed by atoms with Gasteiger partial charge in [0.05, 0.1) is 0 Å². The number of hydrogen-bond acceptors (Lipinski definition) is 2. The highest BCUT2D eigenvalue weighted by atomic mass is 16.6. The molecule has 1 N–H and O–H groups in total. The molecule has 2 fully saturated rings. The van der Waals surface area contributed by atoms with Gasteiger partial charge in [0, 0.05) is 6.04 Å². The summed E-state index contributed by atoms with van der Waals surface area (Å²) in [5.74, 6) is 0. The molecule has 0 heterocycles. The molecule has 1 spiro atoms. The second-order valence-electron chi connectivity index (χ2n) is 5.95. The monoisotopic (exact) mass is 211 g/mol. The van der Waals surface area contributed by atoms with E-state index in [2.05, 4.69) is 5.32 Å². The first-order valence-electron chi connectivity index (χ1n) is 5.91. The Morgan fingerprint density at radius 2 is 2.00 bits per heavy atom. The summed E-state index contributed by atoms with van der Waals surface area (Å²) in [4.78, 5) is 11.6. The summed E-state index contributed by atoms with van der Waals surface area (Å²) in [5, 5.41) is 3.03. The maximum absolute atomic E-state index is 11.6. The predicted octanol–water partition coefficient (Wildman–Crippen LogP) is 2.84. The van der Waals surface area contributed by atoms with Crippen LogP contribution in [-0.4, -0.2) is 17.7 Å². The summed E-state index contributed by atoms with van der Waals surface area (Å²) in [6, 6.07) is 0.368. The molecule has 3 heteroatoms. The highest BCUT2D eigenvalue weighted by Crippen LogP contribution is 2.57. The van der Waals surface area contributed by atoms with Crippen molar-refractivity contribution in [2.45, 2.75) is 64.5 Å². The lowest BCUT2D eigenvalue weighted by molar-refractivity contribution is 0.0488. The standard InChI is InChI=1S/C12H21NO2/c1-11(2,3)15-10(14)13-9-5-4-6-12(9)7-8-12/h9H,4-8H2,1-3H3,(H,13,14). The van der Waals surface area contributed by atoms with E-state index >= 15 is 0 Å². The molecule has 0 radical (unpaired) electrons. The Morgan fingerprint density at radius 1 is 1.33 bits per heavy atom. The van der Waals surface area contributed by atoms with E-state index in [0.717, 1.165) is 6.42 Å². The molecular weight excluding hydrogens is 190 g/mol. The number of ether oxygens (including phenoxy) is 1. The topological polar surface area (TPSA) is 38.3 Å². The summed E-state index contributed by atoms with van der Waals surface area (Å²) >= 11 is 0. The van der Waals surface area contributed by atoms with Crippen molar-refractivity contribution in [3.05, 3.63) is 0 Å². The van der Waals surface area contributed by atoms with Crippen molar-refractivity contribution in [3.8, 4) is 0 Å². The van der Waals surface area contributed by atoms with Gasteiger partial charge in [0.15, 0.2) is 0 Å². The third-order valence-corrected chi connectivity index (χ3v) is 3.49. The molecular formula is C12H21NO2. The van der Waals surface area contributed by atoms with Crippen LogP contribution in [0, 0.1) is 5.41 Å². The van der Waals surface area contributed by atoms with Crippen LogP contribution in [0.4, 0.5) is 4.79 Å². The Labute approximate surface area is 91.6 Å². The number of amides is 1. The quantitative estimate of drug-likeness (QED) is 0.724. The minimum Gasteiger partial charge on any atom is -0.444 e. The lowest BCUT2D eigenvalue weighted by Gasteiger charge is -2.24. The maximum Gasteiger partial charge on any atom is 0.407 e. The van der Waals surface area contributed by atoms with E-state index in [0.29, 0.717) is 11.5 Å². The van der Waals surface area contributed by atoms with Gasteiger partial charge in [-0.2, -0.15) is 0 Å². The van der Waals surface area contributed by atoms with E-state index in [4.69, 9.17) is 4.74 Å². The summed E-state index contributed by atoms with van der Waals surface area (Å²) in [6.07, 6.45) is 5.98. The van der Waals surface area contributed by atoms with Crippen molar-refractivity contribution >= 4 is 6.09 Å². The summed E-state index contributed by atoms with van der Waals surface area (Å²) in [7, 11) is 0. The van der Waals surface area contributed by atoms with Crippen LogP contribution in [0.1, 0.15) is 52.9 Å². The van der Waals surface area contributed by atoms with E-state index < -0.39 is 0 Å². The molecule has 2 rings (SSSR count). The molecule has 2 saturated carbocycles. The van der Waals surface area contributed by atoms with Gasteiger partial charge in [0.25, 0.3) is 0 Å². The second kappa shape index (κ2) is 3.39. The van der Waals surface area contributed by atoms with Crippen molar-refractivity contribution in [1.29, 1.82) is 0 Å². The highest BCUT2D eigenvalue weighted by Gasteiger charge is 2.52. The number of carbonyl (C=O) groups is 1. The van der Waals surface area contributed by atoms with Crippen LogP contribution < -0.4 is 5.32 Å². The molecule has 2 aliphatic carbocycles. The molecule has 2 aliphatic rings. The summed E-state index contributed by atoms with van der Waals surface area (Å²) in [5.41, 5.74) is 0.0658. The molecule has 1 atom stereocenters. The minimum atomic E-state index is -0.389. The zero-order valence-electron chi connectivity index (χ0n) is 9.93. The Balaban J connectivity index is 1.84. The zero-order chi connectivity index (χ0) is 11.1. The normalized spacial score (nSPS) is 27.8. The van der Waals surface area contributed by atoms with Gasteiger partial charge < -0.3 is 10.1 Å². The van der Waals surface area contributed by atoms with Crippen molar-refractivity contribution in [2.24, 2.45) is 5.41 Å². The highest BCUT2D eigenvalue weighted by molar-refractivity contribution is 5.68. The average Bonchev–Trinajstić information content (AvgIpc) is 2.70. The van der Waals surface area contributed by atoms with Gasteiger partial charge in [0.1, 0.15) is 5.60 Å². The minimum absolute atomic E-state index is 0.249. The molecule has 0 aromatic heterocycles. The second-order valence-corrected chi connectivity index (χ2v) is 5.95. The van der Waals surface area contributed by atoms with Gasteiger partial charge in [0.2, 0.25) is 0 Å². The number of hydrogen-bond donors (Lipinski definition) is 1. The largest absolute Gasteiger partial charge is 0.444 e. The SMILES string of the molecule is CC(C)(C)OC(=O)NC1CCCC12CC2. The number of alkyl carbamates (subject to hydrolysis) is 1. The van der Waals surface area contributed by atoms with Gasteiger partial charge in [-0.05, 0) is 51.9 Å². The van der Waals surface area contributed by atoms with Crippen molar-refractivity contribution in [3.63, 3.8) is 0 Å². The molecule has 86 valence electrons. The smallest absolute Gasteiger partial charge is 0.407 e. The van der Waals surface area contributed by atoms with Crippen LogP contribution in [-0.2, 0) is 4.74 Å². The van der Waals surface area contributed by atoms with E-state index in [9.17, 15) is 4.79 Å². The Bertz CT molecular complexity index is 263. The Hall–Kier alpha value is -0.730. The maximum atomic E-state index is 11.6. The fourth-order valence-electron chi connectivity index (χ4n) is 2.57. The molecule has 0 aliphatic heterocycles. The summed E-state index contributed by atoms with van der Waals surface area (Å²) < 4.78 is 5.27. The first-order chi connectivity index (χ1) is 6.91.